The Hall–Kier alpha value is -1.43. The number of carbonyl (C=O) groups is 1. The Morgan fingerprint density at radius 1 is 1.25 bits per heavy atom. The fourth-order valence-corrected chi connectivity index (χ4v) is 2.04. The minimum absolute atomic E-state index is 0.0522. The number of hydrogen-bond donors (Lipinski definition) is 1. The van der Waals surface area contributed by atoms with Crippen LogP contribution in [0.2, 0.25) is 0 Å². The highest BCUT2D eigenvalue weighted by Crippen LogP contribution is 1.98. The average Bonchev–Trinajstić information content (AvgIpc) is 2.52. The van der Waals surface area contributed by atoms with E-state index in [1.807, 2.05) is 18.2 Å². The minimum Gasteiger partial charge on any atom is -0.378 e. The van der Waals surface area contributed by atoms with Crippen molar-refractivity contribution in [3.63, 3.8) is 0 Å². The molecule has 1 heterocycles. The van der Waals surface area contributed by atoms with Gasteiger partial charge in [0.1, 0.15) is 6.61 Å². The van der Waals surface area contributed by atoms with Gasteiger partial charge in [0.15, 0.2) is 0 Å². The molecule has 0 unspecified atom stereocenters. The van der Waals surface area contributed by atoms with Gasteiger partial charge < -0.3 is 19.7 Å². The molecule has 20 heavy (non-hydrogen) atoms. The lowest BCUT2D eigenvalue weighted by molar-refractivity contribution is -0.140. The highest BCUT2D eigenvalue weighted by Gasteiger charge is 2.16. The third-order valence-electron chi connectivity index (χ3n) is 3.18. The first kappa shape index (κ1) is 15.0. The van der Waals surface area contributed by atoms with Crippen molar-refractivity contribution in [1.29, 1.82) is 0 Å². The first-order valence-electron chi connectivity index (χ1n) is 7.04. The van der Waals surface area contributed by atoms with Gasteiger partial charge in [-0.15, -0.1) is 0 Å². The molecule has 0 saturated carbocycles. The van der Waals surface area contributed by atoms with E-state index in [0.29, 0.717) is 32.9 Å². The van der Waals surface area contributed by atoms with Gasteiger partial charge in [-0.05, 0) is 5.56 Å². The summed E-state index contributed by atoms with van der Waals surface area (Å²) in [6, 6.07) is 10.2. The van der Waals surface area contributed by atoms with Crippen molar-refractivity contribution >= 4 is 5.91 Å². The van der Waals surface area contributed by atoms with Crippen LogP contribution in [0.3, 0.4) is 0 Å². The average molecular weight is 278 g/mol. The van der Waals surface area contributed by atoms with E-state index in [2.05, 4.69) is 17.4 Å². The second-order valence-electron chi connectivity index (χ2n) is 4.71. The van der Waals surface area contributed by atoms with Crippen LogP contribution in [0.1, 0.15) is 5.56 Å². The van der Waals surface area contributed by atoms with E-state index in [1.165, 1.54) is 5.56 Å². The lowest BCUT2D eigenvalue weighted by Crippen LogP contribution is -2.42. The largest absolute Gasteiger partial charge is 0.378 e. The number of amides is 1. The highest BCUT2D eigenvalue weighted by atomic mass is 16.5. The molecular formula is C15H22N2O3. The summed E-state index contributed by atoms with van der Waals surface area (Å²) in [7, 11) is 0. The van der Waals surface area contributed by atoms with Crippen LogP contribution >= 0.6 is 0 Å². The summed E-state index contributed by atoms with van der Waals surface area (Å²) in [5.74, 6) is 0.0522. The Bertz CT molecular complexity index is 391. The molecule has 1 saturated heterocycles. The lowest BCUT2D eigenvalue weighted by atomic mass is 10.2. The molecule has 0 atom stereocenters. The summed E-state index contributed by atoms with van der Waals surface area (Å²) < 4.78 is 10.6. The lowest BCUT2D eigenvalue weighted by Gasteiger charge is -2.26. The van der Waals surface area contributed by atoms with Crippen LogP contribution in [-0.2, 0) is 20.8 Å². The number of nitrogens with zero attached hydrogens (tertiary/aromatic N) is 1. The maximum absolute atomic E-state index is 11.8. The molecule has 0 aliphatic carbocycles. The number of ether oxygens (including phenoxy) is 2. The van der Waals surface area contributed by atoms with Crippen molar-refractivity contribution in [2.24, 2.45) is 0 Å². The molecule has 1 aliphatic rings. The van der Waals surface area contributed by atoms with Gasteiger partial charge in [-0.3, -0.25) is 4.79 Å². The van der Waals surface area contributed by atoms with Gasteiger partial charge in [0, 0.05) is 26.2 Å². The summed E-state index contributed by atoms with van der Waals surface area (Å²) in [5.41, 5.74) is 1.25. The van der Waals surface area contributed by atoms with E-state index in [-0.39, 0.29) is 12.5 Å². The Morgan fingerprint density at radius 3 is 2.75 bits per heavy atom. The number of benzene rings is 1. The van der Waals surface area contributed by atoms with Gasteiger partial charge in [0.2, 0.25) is 5.91 Å². The molecule has 1 amide bonds. The quantitative estimate of drug-likeness (QED) is 0.744. The van der Waals surface area contributed by atoms with Crippen molar-refractivity contribution < 1.29 is 14.3 Å². The molecule has 1 aliphatic heterocycles. The molecule has 5 heteroatoms. The highest BCUT2D eigenvalue weighted by molar-refractivity contribution is 5.77. The monoisotopic (exact) mass is 278 g/mol. The molecule has 0 bridgehead atoms. The smallest absolute Gasteiger partial charge is 0.248 e. The van der Waals surface area contributed by atoms with Gasteiger partial charge in [-0.2, -0.15) is 0 Å². The van der Waals surface area contributed by atoms with Gasteiger partial charge in [0.25, 0.3) is 0 Å². The molecule has 110 valence electrons. The van der Waals surface area contributed by atoms with E-state index in [4.69, 9.17) is 9.47 Å². The van der Waals surface area contributed by atoms with Crippen molar-refractivity contribution in [3.05, 3.63) is 35.9 Å². The second kappa shape index (κ2) is 8.68. The van der Waals surface area contributed by atoms with Crippen LogP contribution in [0.25, 0.3) is 0 Å². The van der Waals surface area contributed by atoms with Gasteiger partial charge in [-0.25, -0.2) is 0 Å². The first-order chi connectivity index (χ1) is 9.86. The number of nitrogens with one attached hydrogen (secondary N) is 1. The zero-order valence-corrected chi connectivity index (χ0v) is 11.7. The van der Waals surface area contributed by atoms with Crippen LogP contribution in [0.5, 0.6) is 0 Å². The van der Waals surface area contributed by atoms with E-state index in [0.717, 1.165) is 13.1 Å². The molecule has 0 spiro atoms. The Labute approximate surface area is 119 Å². The summed E-state index contributed by atoms with van der Waals surface area (Å²) in [4.78, 5) is 13.6. The molecule has 0 radical (unpaired) electrons. The van der Waals surface area contributed by atoms with Crippen LogP contribution in [0.15, 0.2) is 30.3 Å². The minimum atomic E-state index is 0.0522. The SMILES string of the molecule is O=C(COCCNCc1ccccc1)N1CCOCC1. The zero-order valence-electron chi connectivity index (χ0n) is 11.7. The maximum atomic E-state index is 11.8. The molecule has 1 fully saturated rings. The van der Waals surface area contributed by atoms with E-state index in [9.17, 15) is 4.79 Å². The third-order valence-corrected chi connectivity index (χ3v) is 3.18. The molecule has 1 N–H and O–H groups in total. The predicted molar refractivity (Wildman–Crippen MR) is 76.4 cm³/mol. The summed E-state index contributed by atoms with van der Waals surface area (Å²) >= 11 is 0. The molecule has 2 rings (SSSR count). The Kier molecular flexibility index (Phi) is 6.50. The first-order valence-corrected chi connectivity index (χ1v) is 7.04. The Balaban J connectivity index is 1.50. The molecular weight excluding hydrogens is 256 g/mol. The Morgan fingerprint density at radius 2 is 2.00 bits per heavy atom. The predicted octanol–water partition coefficient (Wildman–Crippen LogP) is 0.652. The summed E-state index contributed by atoms with van der Waals surface area (Å²) in [6.07, 6.45) is 0. The second-order valence-corrected chi connectivity index (χ2v) is 4.71. The zero-order chi connectivity index (χ0) is 14.0. The number of carbonyl (C=O) groups excluding carboxylic acids is 1. The van der Waals surface area contributed by atoms with Gasteiger partial charge >= 0.3 is 0 Å². The number of morpholine rings is 1. The summed E-state index contributed by atoms with van der Waals surface area (Å²) in [5, 5.41) is 3.29. The van der Waals surface area contributed by atoms with Crippen molar-refractivity contribution in [3.8, 4) is 0 Å². The third kappa shape index (κ3) is 5.28. The number of hydrogen-bond acceptors (Lipinski definition) is 4. The molecule has 1 aromatic carbocycles. The van der Waals surface area contributed by atoms with Crippen LogP contribution < -0.4 is 5.32 Å². The summed E-state index contributed by atoms with van der Waals surface area (Å²) in [6.45, 7) is 4.88. The van der Waals surface area contributed by atoms with Gasteiger partial charge in [0.05, 0.1) is 19.8 Å². The number of rotatable bonds is 7. The van der Waals surface area contributed by atoms with Crippen LogP contribution in [0.4, 0.5) is 0 Å². The van der Waals surface area contributed by atoms with Crippen molar-refractivity contribution in [1.82, 2.24) is 10.2 Å². The van der Waals surface area contributed by atoms with Crippen LogP contribution in [-0.4, -0.2) is 56.9 Å². The standard InChI is InChI=1S/C15H22N2O3/c18-15(17-7-10-19-11-8-17)13-20-9-6-16-12-14-4-2-1-3-5-14/h1-5,16H,6-13H2. The van der Waals surface area contributed by atoms with E-state index >= 15 is 0 Å². The fraction of sp³-hybridized carbons (Fsp3) is 0.533. The molecule has 1 aromatic rings. The van der Waals surface area contributed by atoms with E-state index < -0.39 is 0 Å². The normalized spacial score (nSPS) is 15.3. The molecule has 5 nitrogen and oxygen atoms in total. The van der Waals surface area contributed by atoms with E-state index in [1.54, 1.807) is 4.90 Å². The van der Waals surface area contributed by atoms with Crippen LogP contribution in [0, 0.1) is 0 Å². The van der Waals surface area contributed by atoms with Crippen molar-refractivity contribution in [2.45, 2.75) is 6.54 Å². The maximum Gasteiger partial charge on any atom is 0.248 e. The molecule has 0 aromatic heterocycles. The van der Waals surface area contributed by atoms with Gasteiger partial charge in [-0.1, -0.05) is 30.3 Å². The topological polar surface area (TPSA) is 50.8 Å². The van der Waals surface area contributed by atoms with Crippen molar-refractivity contribution in [2.75, 3.05) is 46.1 Å². The fourth-order valence-electron chi connectivity index (χ4n) is 2.04.